The molecular weight excluding hydrogens is 312 g/mol. The van der Waals surface area contributed by atoms with Crippen molar-refractivity contribution in [3.8, 4) is 11.5 Å². The minimum absolute atomic E-state index is 0.00753. The number of fused-ring (bicyclic) bond motifs is 1. The average molecular weight is 329 g/mol. The van der Waals surface area contributed by atoms with E-state index < -0.39 is 0 Å². The summed E-state index contributed by atoms with van der Waals surface area (Å²) in [5, 5.41) is 5.93. The van der Waals surface area contributed by atoms with Crippen LogP contribution in [0.4, 0.5) is 0 Å². The van der Waals surface area contributed by atoms with Crippen LogP contribution < -0.4 is 20.1 Å². The van der Waals surface area contributed by atoms with Crippen LogP contribution in [0.2, 0.25) is 0 Å². The van der Waals surface area contributed by atoms with Crippen LogP contribution in [0.15, 0.2) is 16.6 Å². The highest BCUT2D eigenvalue weighted by Gasteiger charge is 2.16. The molecule has 1 heterocycles. The molecule has 0 saturated heterocycles. The Morgan fingerprint density at radius 2 is 2.05 bits per heavy atom. The Balaban J connectivity index is 1.88. The fraction of sp³-hybridized carbons (Fsp3) is 0.462. The summed E-state index contributed by atoms with van der Waals surface area (Å²) in [5.74, 6) is 1.48. The summed E-state index contributed by atoms with van der Waals surface area (Å²) in [6.45, 7) is 5.01. The normalized spacial score (nSPS) is 12.8. The predicted molar refractivity (Wildman–Crippen MR) is 75.3 cm³/mol. The second kappa shape index (κ2) is 6.25. The molecule has 1 aromatic carbocycles. The standard InChI is InChI=1S/C13H17BrN2O3/c1-8(2)16-13(17)6-15-5-9-3-11-12(4-10(9)14)19-7-18-11/h3-4,8,15H,5-7H2,1-2H3,(H,16,17). The number of carbonyl (C=O) groups is 1. The second-order valence-electron chi connectivity index (χ2n) is 4.62. The molecule has 19 heavy (non-hydrogen) atoms. The molecule has 0 spiro atoms. The summed E-state index contributed by atoms with van der Waals surface area (Å²) < 4.78 is 11.5. The maximum Gasteiger partial charge on any atom is 0.234 e. The van der Waals surface area contributed by atoms with Crippen LogP contribution in [0.25, 0.3) is 0 Å². The summed E-state index contributed by atoms with van der Waals surface area (Å²) in [4.78, 5) is 11.5. The van der Waals surface area contributed by atoms with Gasteiger partial charge in [-0.05, 0) is 31.5 Å². The van der Waals surface area contributed by atoms with Gasteiger partial charge in [0.2, 0.25) is 12.7 Å². The molecular formula is C13H17BrN2O3. The summed E-state index contributed by atoms with van der Waals surface area (Å²) in [6, 6.07) is 3.96. The van der Waals surface area contributed by atoms with Crippen LogP contribution in [0, 0.1) is 0 Å². The van der Waals surface area contributed by atoms with Gasteiger partial charge in [-0.25, -0.2) is 0 Å². The smallest absolute Gasteiger partial charge is 0.234 e. The van der Waals surface area contributed by atoms with Gasteiger partial charge in [-0.3, -0.25) is 4.79 Å². The molecule has 2 N–H and O–H groups in total. The summed E-state index contributed by atoms with van der Waals surface area (Å²) in [5.41, 5.74) is 1.03. The van der Waals surface area contributed by atoms with Crippen molar-refractivity contribution >= 4 is 21.8 Å². The van der Waals surface area contributed by atoms with Gasteiger partial charge in [0.15, 0.2) is 11.5 Å². The van der Waals surface area contributed by atoms with Gasteiger partial charge in [0.05, 0.1) is 6.54 Å². The molecule has 0 atom stereocenters. The molecule has 0 radical (unpaired) electrons. The van der Waals surface area contributed by atoms with E-state index in [-0.39, 0.29) is 18.7 Å². The number of hydrogen-bond acceptors (Lipinski definition) is 4. The van der Waals surface area contributed by atoms with Gasteiger partial charge in [-0.1, -0.05) is 15.9 Å². The first-order chi connectivity index (χ1) is 9.06. The van der Waals surface area contributed by atoms with Crippen LogP contribution in [0.1, 0.15) is 19.4 Å². The molecule has 2 rings (SSSR count). The van der Waals surface area contributed by atoms with E-state index in [0.717, 1.165) is 21.5 Å². The molecule has 104 valence electrons. The third kappa shape index (κ3) is 3.84. The highest BCUT2D eigenvalue weighted by Crippen LogP contribution is 2.36. The van der Waals surface area contributed by atoms with Crippen LogP contribution >= 0.6 is 15.9 Å². The van der Waals surface area contributed by atoms with E-state index in [1.165, 1.54) is 0 Å². The van der Waals surface area contributed by atoms with Crippen molar-refractivity contribution in [3.63, 3.8) is 0 Å². The molecule has 5 nitrogen and oxygen atoms in total. The molecule has 0 fully saturated rings. The molecule has 0 unspecified atom stereocenters. The maximum absolute atomic E-state index is 11.5. The molecule has 0 aliphatic carbocycles. The Bertz CT molecular complexity index is 477. The fourth-order valence-electron chi connectivity index (χ4n) is 1.78. The third-order valence-electron chi connectivity index (χ3n) is 2.59. The quantitative estimate of drug-likeness (QED) is 0.865. The van der Waals surface area contributed by atoms with Crippen LogP contribution in [-0.2, 0) is 11.3 Å². The number of carbonyl (C=O) groups excluding carboxylic acids is 1. The van der Waals surface area contributed by atoms with E-state index in [9.17, 15) is 4.79 Å². The number of halogens is 1. The zero-order chi connectivity index (χ0) is 13.8. The third-order valence-corrected chi connectivity index (χ3v) is 3.33. The van der Waals surface area contributed by atoms with Gasteiger partial charge in [0, 0.05) is 17.1 Å². The zero-order valence-electron chi connectivity index (χ0n) is 11.0. The van der Waals surface area contributed by atoms with Crippen LogP contribution in [0.5, 0.6) is 11.5 Å². The van der Waals surface area contributed by atoms with Crippen molar-refractivity contribution in [1.82, 2.24) is 10.6 Å². The highest BCUT2D eigenvalue weighted by molar-refractivity contribution is 9.10. The van der Waals surface area contributed by atoms with E-state index >= 15 is 0 Å². The van der Waals surface area contributed by atoms with Gasteiger partial charge < -0.3 is 20.1 Å². The lowest BCUT2D eigenvalue weighted by Crippen LogP contribution is -2.37. The van der Waals surface area contributed by atoms with Crippen molar-refractivity contribution in [2.75, 3.05) is 13.3 Å². The fourth-order valence-corrected chi connectivity index (χ4v) is 2.24. The SMILES string of the molecule is CC(C)NC(=O)CNCc1cc2c(cc1Br)OCO2. The molecule has 6 heteroatoms. The summed E-state index contributed by atoms with van der Waals surface area (Å²) in [7, 11) is 0. The largest absolute Gasteiger partial charge is 0.454 e. The molecule has 1 aliphatic heterocycles. The van der Waals surface area contributed by atoms with Crippen molar-refractivity contribution in [1.29, 1.82) is 0 Å². The minimum Gasteiger partial charge on any atom is -0.454 e. The lowest BCUT2D eigenvalue weighted by molar-refractivity contribution is -0.120. The Hall–Kier alpha value is -1.27. The minimum atomic E-state index is -0.00753. The van der Waals surface area contributed by atoms with Gasteiger partial charge in [0.1, 0.15) is 0 Å². The topological polar surface area (TPSA) is 59.6 Å². The molecule has 0 saturated carbocycles. The number of amides is 1. The maximum atomic E-state index is 11.5. The first-order valence-corrected chi connectivity index (χ1v) is 6.93. The van der Waals surface area contributed by atoms with Gasteiger partial charge >= 0.3 is 0 Å². The van der Waals surface area contributed by atoms with Crippen LogP contribution in [-0.4, -0.2) is 25.3 Å². The Kier molecular flexibility index (Phi) is 4.66. The molecule has 1 aliphatic rings. The van der Waals surface area contributed by atoms with Crippen molar-refractivity contribution < 1.29 is 14.3 Å². The highest BCUT2D eigenvalue weighted by atomic mass is 79.9. The number of benzene rings is 1. The molecule has 1 aromatic rings. The first kappa shape index (κ1) is 14.1. The van der Waals surface area contributed by atoms with Gasteiger partial charge in [-0.2, -0.15) is 0 Å². The molecule has 1 amide bonds. The van der Waals surface area contributed by atoms with Crippen LogP contribution in [0.3, 0.4) is 0 Å². The van der Waals surface area contributed by atoms with E-state index in [2.05, 4.69) is 26.6 Å². The molecule has 0 bridgehead atoms. The summed E-state index contributed by atoms with van der Waals surface area (Å²) >= 11 is 3.48. The monoisotopic (exact) mass is 328 g/mol. The Labute approximate surface area is 120 Å². The first-order valence-electron chi connectivity index (χ1n) is 6.14. The lowest BCUT2D eigenvalue weighted by atomic mass is 10.2. The van der Waals surface area contributed by atoms with E-state index in [4.69, 9.17) is 9.47 Å². The van der Waals surface area contributed by atoms with E-state index in [1.807, 2.05) is 26.0 Å². The Morgan fingerprint density at radius 3 is 2.74 bits per heavy atom. The van der Waals surface area contributed by atoms with E-state index in [0.29, 0.717) is 13.1 Å². The van der Waals surface area contributed by atoms with Gasteiger partial charge in [0.25, 0.3) is 0 Å². The lowest BCUT2D eigenvalue weighted by Gasteiger charge is -2.10. The van der Waals surface area contributed by atoms with Gasteiger partial charge in [-0.15, -0.1) is 0 Å². The van der Waals surface area contributed by atoms with Crippen molar-refractivity contribution in [2.24, 2.45) is 0 Å². The summed E-state index contributed by atoms with van der Waals surface area (Å²) in [6.07, 6.45) is 0. The number of rotatable bonds is 5. The second-order valence-corrected chi connectivity index (χ2v) is 5.48. The van der Waals surface area contributed by atoms with E-state index in [1.54, 1.807) is 0 Å². The average Bonchev–Trinajstić information content (AvgIpc) is 2.75. The number of ether oxygens (including phenoxy) is 2. The van der Waals surface area contributed by atoms with Crippen molar-refractivity contribution in [3.05, 3.63) is 22.2 Å². The predicted octanol–water partition coefficient (Wildman–Crippen LogP) is 1.79. The van der Waals surface area contributed by atoms with Crippen molar-refractivity contribution in [2.45, 2.75) is 26.4 Å². The molecule has 0 aromatic heterocycles. The Morgan fingerprint density at radius 1 is 1.37 bits per heavy atom. The zero-order valence-corrected chi connectivity index (χ0v) is 12.5. The number of hydrogen-bond donors (Lipinski definition) is 2. The number of nitrogens with one attached hydrogen (secondary N) is 2.